The highest BCUT2D eigenvalue weighted by Crippen LogP contribution is 2.65. The molecule has 0 bridgehead atoms. The summed E-state index contributed by atoms with van der Waals surface area (Å²) in [6, 6.07) is 1.25. The second-order valence-corrected chi connectivity index (χ2v) is 34.6. The van der Waals surface area contributed by atoms with Crippen molar-refractivity contribution in [3.8, 4) is 0 Å². The molecule has 0 aliphatic carbocycles. The molecule has 0 saturated carbocycles. The first-order chi connectivity index (χ1) is 14.4. The van der Waals surface area contributed by atoms with E-state index in [1.807, 2.05) is 78.6 Å². The molecule has 1 aromatic heterocycles. The molecule has 0 amide bonds. The van der Waals surface area contributed by atoms with Gasteiger partial charge in [0.15, 0.2) is 5.35 Å². The molecular formula is C21H44N2O6Si4. The van der Waals surface area contributed by atoms with Gasteiger partial charge in [0.25, 0.3) is 5.56 Å². The van der Waals surface area contributed by atoms with Gasteiger partial charge in [0.2, 0.25) is 0 Å². The Morgan fingerprint density at radius 2 is 1.27 bits per heavy atom. The Balaban J connectivity index is 3.38. The molecule has 0 radical (unpaired) electrons. The molecular weight excluding hydrogens is 489 g/mol. The first kappa shape index (κ1) is 28.6. The maximum Gasteiger partial charge on any atom is 0.330 e. The van der Waals surface area contributed by atoms with E-state index in [0.29, 0.717) is 0 Å². The highest BCUT2D eigenvalue weighted by Gasteiger charge is 2.88. The fourth-order valence-corrected chi connectivity index (χ4v) is 23.2. The van der Waals surface area contributed by atoms with Crippen LogP contribution in [0.25, 0.3) is 0 Å². The van der Waals surface area contributed by atoms with E-state index in [-0.39, 0.29) is 0 Å². The fourth-order valence-electron chi connectivity index (χ4n) is 6.16. The van der Waals surface area contributed by atoms with Crippen LogP contribution in [0, 0.1) is 0 Å². The van der Waals surface area contributed by atoms with Crippen molar-refractivity contribution >= 4 is 32.3 Å². The Hall–Kier alpha value is -0.612. The van der Waals surface area contributed by atoms with Gasteiger partial charge >= 0.3 is 5.69 Å². The van der Waals surface area contributed by atoms with Crippen molar-refractivity contribution in [3.63, 3.8) is 0 Å². The summed E-state index contributed by atoms with van der Waals surface area (Å²) in [5.41, 5.74) is -1.24. The Kier molecular flexibility index (Phi) is 6.67. The minimum absolute atomic E-state index is 0.472. The molecule has 190 valence electrons. The van der Waals surface area contributed by atoms with Crippen LogP contribution in [0.15, 0.2) is 21.9 Å². The summed E-state index contributed by atoms with van der Waals surface area (Å²) >= 11 is 0. The third-order valence-corrected chi connectivity index (χ3v) is 20.0. The molecule has 8 nitrogen and oxygen atoms in total. The SMILES string of the molecule is C[Si](C)(C)[C@@]1(O)[C@@](O)([Si](C)(C)C)[C@](CO)([Si](C)(C)C)O[C@]1(n1ccc(=O)[nH]c1=O)[Si](C)(C)C. The Morgan fingerprint density at radius 3 is 1.58 bits per heavy atom. The van der Waals surface area contributed by atoms with Crippen LogP contribution in [0.1, 0.15) is 0 Å². The molecule has 0 spiro atoms. The fraction of sp³-hybridized carbons (Fsp3) is 0.810. The molecule has 2 heterocycles. The molecule has 1 saturated heterocycles. The van der Waals surface area contributed by atoms with E-state index in [0.717, 1.165) is 0 Å². The van der Waals surface area contributed by atoms with Gasteiger partial charge in [0.05, 0.1) is 30.8 Å². The van der Waals surface area contributed by atoms with Crippen LogP contribution in [0.2, 0.25) is 78.6 Å². The molecule has 4 atom stereocenters. The van der Waals surface area contributed by atoms with E-state index < -0.39 is 71.2 Å². The summed E-state index contributed by atoms with van der Waals surface area (Å²) in [5.74, 6) is 0. The van der Waals surface area contributed by atoms with Crippen LogP contribution >= 0.6 is 0 Å². The number of rotatable bonds is 6. The monoisotopic (exact) mass is 532 g/mol. The van der Waals surface area contributed by atoms with E-state index in [9.17, 15) is 24.9 Å². The highest BCUT2D eigenvalue weighted by atomic mass is 28.3. The zero-order valence-electron chi connectivity index (χ0n) is 22.4. The standard InChI is InChI=1S/C21H44N2O6Si4/c1-30(2,3)18(15-24)19(27,31(4,5)6)20(28,32(7,8)9)21(29-18,33(10,11)12)23-14-13-16(25)22-17(23)26/h13-14,24,27-28H,15H2,1-12H3,(H,22,25,26)/t18-,19-,20-,21-/m0/s1. The van der Waals surface area contributed by atoms with Crippen LogP contribution in [0.3, 0.4) is 0 Å². The maximum atomic E-state index is 13.3. The van der Waals surface area contributed by atoms with Crippen molar-refractivity contribution < 1.29 is 20.1 Å². The summed E-state index contributed by atoms with van der Waals surface area (Å²) in [7, 11) is -11.0. The smallest absolute Gasteiger partial charge is 0.330 e. The van der Waals surface area contributed by atoms with Crippen molar-refractivity contribution in [3.05, 3.63) is 33.1 Å². The second-order valence-electron chi connectivity index (χ2n) is 13.6. The number of aromatic amines is 1. The van der Waals surface area contributed by atoms with Crippen LogP contribution in [-0.2, 0) is 10.1 Å². The van der Waals surface area contributed by atoms with Crippen LogP contribution in [0.4, 0.5) is 0 Å². The molecule has 4 N–H and O–H groups in total. The number of ether oxygens (including phenoxy) is 1. The summed E-state index contributed by atoms with van der Waals surface area (Å²) in [6.07, 6.45) is 1.38. The van der Waals surface area contributed by atoms with E-state index in [1.54, 1.807) is 0 Å². The zero-order chi connectivity index (χ0) is 26.3. The Labute approximate surface area is 201 Å². The molecule has 0 aromatic carbocycles. The normalized spacial score (nSPS) is 34.0. The van der Waals surface area contributed by atoms with E-state index in [4.69, 9.17) is 4.74 Å². The molecule has 2 rings (SSSR count). The summed E-state index contributed by atoms with van der Waals surface area (Å²) in [5, 5.41) is 30.7. The van der Waals surface area contributed by atoms with Crippen molar-refractivity contribution in [1.29, 1.82) is 0 Å². The number of aromatic nitrogens is 2. The average molecular weight is 533 g/mol. The van der Waals surface area contributed by atoms with Crippen molar-refractivity contribution in [2.24, 2.45) is 0 Å². The van der Waals surface area contributed by atoms with Gasteiger partial charge in [-0.15, -0.1) is 0 Å². The minimum Gasteiger partial charge on any atom is -0.394 e. The Morgan fingerprint density at radius 1 is 0.818 bits per heavy atom. The number of hydrogen-bond acceptors (Lipinski definition) is 6. The molecule has 33 heavy (non-hydrogen) atoms. The van der Waals surface area contributed by atoms with Gasteiger partial charge in [0, 0.05) is 12.3 Å². The van der Waals surface area contributed by atoms with Gasteiger partial charge in [0.1, 0.15) is 23.7 Å². The lowest BCUT2D eigenvalue weighted by atomic mass is 10.1. The van der Waals surface area contributed by atoms with Gasteiger partial charge < -0.3 is 20.1 Å². The third-order valence-electron chi connectivity index (χ3n) is 7.71. The molecule has 0 unspecified atom stereocenters. The van der Waals surface area contributed by atoms with Crippen molar-refractivity contribution in [1.82, 2.24) is 9.55 Å². The van der Waals surface area contributed by atoms with Crippen LogP contribution in [-0.4, -0.2) is 79.4 Å². The molecule has 12 heteroatoms. The lowest BCUT2D eigenvalue weighted by molar-refractivity contribution is -0.130. The number of nitrogens with one attached hydrogen (secondary N) is 1. The molecule has 1 aliphatic heterocycles. The number of aliphatic hydroxyl groups is 3. The largest absolute Gasteiger partial charge is 0.394 e. The number of H-pyrrole nitrogens is 1. The van der Waals surface area contributed by atoms with E-state index >= 15 is 0 Å². The predicted molar refractivity (Wildman–Crippen MR) is 143 cm³/mol. The topological polar surface area (TPSA) is 125 Å². The van der Waals surface area contributed by atoms with Gasteiger partial charge in [-0.25, -0.2) is 4.79 Å². The highest BCUT2D eigenvalue weighted by molar-refractivity contribution is 6.92. The zero-order valence-corrected chi connectivity index (χ0v) is 26.4. The lowest BCUT2D eigenvalue weighted by Gasteiger charge is -2.61. The lowest BCUT2D eigenvalue weighted by Crippen LogP contribution is -2.88. The Bertz CT molecular complexity index is 1030. The first-order valence-electron chi connectivity index (χ1n) is 11.5. The summed E-state index contributed by atoms with van der Waals surface area (Å²) in [4.78, 5) is 27.6. The average Bonchev–Trinajstić information content (AvgIpc) is 2.79. The van der Waals surface area contributed by atoms with Gasteiger partial charge in [-0.05, 0) is 0 Å². The third kappa shape index (κ3) is 3.32. The number of aliphatic hydroxyl groups excluding tert-OH is 1. The summed E-state index contributed by atoms with van der Waals surface area (Å²) < 4.78 is 8.41. The summed E-state index contributed by atoms with van der Waals surface area (Å²) in [6.45, 7) is 23.5. The van der Waals surface area contributed by atoms with Crippen molar-refractivity contribution in [2.75, 3.05) is 6.61 Å². The van der Waals surface area contributed by atoms with Gasteiger partial charge in [-0.1, -0.05) is 78.6 Å². The number of nitrogens with zero attached hydrogens (tertiary/aromatic N) is 1. The van der Waals surface area contributed by atoms with Crippen LogP contribution < -0.4 is 11.2 Å². The second kappa shape index (κ2) is 7.69. The van der Waals surface area contributed by atoms with Crippen LogP contribution in [0.5, 0.6) is 0 Å². The van der Waals surface area contributed by atoms with Gasteiger partial charge in [-0.2, -0.15) is 0 Å². The molecule has 1 aromatic rings. The molecule has 1 aliphatic rings. The number of hydrogen-bond donors (Lipinski definition) is 4. The maximum absolute atomic E-state index is 13.3. The molecule has 1 fully saturated rings. The van der Waals surface area contributed by atoms with E-state index in [2.05, 4.69) is 4.98 Å². The quantitative estimate of drug-likeness (QED) is 0.415. The predicted octanol–water partition coefficient (Wildman–Crippen LogP) is 1.92. The van der Waals surface area contributed by atoms with Crippen molar-refractivity contribution in [2.45, 2.75) is 99.6 Å². The van der Waals surface area contributed by atoms with E-state index in [1.165, 1.54) is 16.8 Å². The first-order valence-corrected chi connectivity index (χ1v) is 25.5. The minimum atomic E-state index is -2.83. The van der Waals surface area contributed by atoms with Gasteiger partial charge in [-0.3, -0.25) is 14.3 Å².